The summed E-state index contributed by atoms with van der Waals surface area (Å²) in [4.78, 5) is 24.4. The third-order valence-electron chi connectivity index (χ3n) is 6.23. The number of fused-ring (bicyclic) bond motifs is 1. The molecule has 2 aromatic carbocycles. The van der Waals surface area contributed by atoms with Crippen molar-refractivity contribution in [3.05, 3.63) is 72.1 Å². The first kappa shape index (κ1) is 25.1. The van der Waals surface area contributed by atoms with Gasteiger partial charge in [-0.05, 0) is 48.7 Å². The zero-order chi connectivity index (χ0) is 26.0. The molecule has 37 heavy (non-hydrogen) atoms. The number of carbonyl (C=O) groups excluding carboxylic acids is 1. The molecule has 0 spiro atoms. The van der Waals surface area contributed by atoms with E-state index in [2.05, 4.69) is 4.98 Å². The molecule has 4 aromatic rings. The highest BCUT2D eigenvalue weighted by molar-refractivity contribution is 7.89. The fraction of sp³-hybridized carbons (Fsp3) is 0.269. The molecule has 0 aliphatic carbocycles. The summed E-state index contributed by atoms with van der Waals surface area (Å²) in [5, 5.41) is 0.493. The van der Waals surface area contributed by atoms with Crippen LogP contribution < -0.4 is 14.4 Å². The predicted molar refractivity (Wildman–Crippen MR) is 142 cm³/mol. The molecular weight excluding hydrogens is 512 g/mol. The molecule has 0 N–H and O–H groups in total. The molecular formula is C26H26N4O5S2. The summed E-state index contributed by atoms with van der Waals surface area (Å²) in [7, 11) is -0.441. The molecule has 5 rings (SSSR count). The van der Waals surface area contributed by atoms with E-state index in [4.69, 9.17) is 14.5 Å². The van der Waals surface area contributed by atoms with Gasteiger partial charge in [-0.2, -0.15) is 4.31 Å². The highest BCUT2D eigenvalue weighted by Crippen LogP contribution is 2.38. The van der Waals surface area contributed by atoms with Crippen molar-refractivity contribution in [1.29, 1.82) is 0 Å². The number of carbonyl (C=O) groups is 1. The number of sulfonamides is 1. The molecule has 0 atom stereocenters. The van der Waals surface area contributed by atoms with E-state index in [0.29, 0.717) is 40.8 Å². The van der Waals surface area contributed by atoms with Gasteiger partial charge in [-0.25, -0.2) is 13.4 Å². The molecule has 3 heterocycles. The summed E-state index contributed by atoms with van der Waals surface area (Å²) in [5.41, 5.74) is 1.87. The van der Waals surface area contributed by atoms with Crippen molar-refractivity contribution in [2.45, 2.75) is 24.3 Å². The van der Waals surface area contributed by atoms with Gasteiger partial charge in [0, 0.05) is 43.2 Å². The minimum atomic E-state index is -3.57. The Kier molecular flexibility index (Phi) is 7.09. The minimum absolute atomic E-state index is 0.184. The third kappa shape index (κ3) is 5.02. The number of hydrogen-bond donors (Lipinski definition) is 0. The van der Waals surface area contributed by atoms with Crippen LogP contribution in [0.25, 0.3) is 10.2 Å². The Hall–Kier alpha value is -3.54. The minimum Gasteiger partial charge on any atom is -0.493 e. The maximum absolute atomic E-state index is 13.8. The molecule has 2 aromatic heterocycles. The maximum Gasteiger partial charge on any atom is 0.260 e. The number of ether oxygens (including phenoxy) is 2. The van der Waals surface area contributed by atoms with Crippen molar-refractivity contribution in [1.82, 2.24) is 14.3 Å². The number of nitrogens with zero attached hydrogens (tertiary/aromatic N) is 4. The fourth-order valence-electron chi connectivity index (χ4n) is 4.26. The Balaban J connectivity index is 1.50. The lowest BCUT2D eigenvalue weighted by atomic mass is 10.2. The average molecular weight is 539 g/mol. The summed E-state index contributed by atoms with van der Waals surface area (Å²) >= 11 is 1.36. The molecule has 1 aliphatic rings. The fourth-order valence-corrected chi connectivity index (χ4v) is 6.75. The maximum atomic E-state index is 13.8. The number of pyridine rings is 1. The van der Waals surface area contributed by atoms with E-state index in [1.807, 2.05) is 18.2 Å². The molecule has 1 fully saturated rings. The van der Waals surface area contributed by atoms with Crippen molar-refractivity contribution in [2.24, 2.45) is 0 Å². The Morgan fingerprint density at radius 3 is 2.41 bits per heavy atom. The van der Waals surface area contributed by atoms with Crippen molar-refractivity contribution in [3.8, 4) is 11.5 Å². The summed E-state index contributed by atoms with van der Waals surface area (Å²) in [5.74, 6) is 0.823. The highest BCUT2D eigenvalue weighted by atomic mass is 32.2. The average Bonchev–Trinajstić information content (AvgIpc) is 3.62. The first-order valence-electron chi connectivity index (χ1n) is 11.7. The Morgan fingerprint density at radius 2 is 1.76 bits per heavy atom. The van der Waals surface area contributed by atoms with Crippen LogP contribution in [0.2, 0.25) is 0 Å². The van der Waals surface area contributed by atoms with Gasteiger partial charge in [0.05, 0.1) is 35.9 Å². The Labute approximate surface area is 219 Å². The van der Waals surface area contributed by atoms with Crippen LogP contribution in [-0.2, 0) is 16.6 Å². The highest BCUT2D eigenvalue weighted by Gasteiger charge is 2.28. The lowest BCUT2D eigenvalue weighted by molar-refractivity contribution is 0.0985. The zero-order valence-electron chi connectivity index (χ0n) is 20.5. The van der Waals surface area contributed by atoms with Crippen LogP contribution in [0.3, 0.4) is 0 Å². The normalized spacial score (nSPS) is 14.1. The van der Waals surface area contributed by atoms with Gasteiger partial charge in [0.25, 0.3) is 5.91 Å². The lowest BCUT2D eigenvalue weighted by Gasteiger charge is -2.20. The van der Waals surface area contributed by atoms with Gasteiger partial charge in [0.1, 0.15) is 0 Å². The van der Waals surface area contributed by atoms with Gasteiger partial charge in [0.15, 0.2) is 16.6 Å². The van der Waals surface area contributed by atoms with E-state index in [1.165, 1.54) is 27.8 Å². The van der Waals surface area contributed by atoms with Gasteiger partial charge in [0.2, 0.25) is 10.0 Å². The van der Waals surface area contributed by atoms with Gasteiger partial charge in [-0.3, -0.25) is 14.7 Å². The van der Waals surface area contributed by atoms with Crippen LogP contribution in [0.5, 0.6) is 11.5 Å². The second-order valence-electron chi connectivity index (χ2n) is 8.56. The van der Waals surface area contributed by atoms with Crippen LogP contribution in [-0.4, -0.2) is 55.9 Å². The number of rotatable bonds is 8. The van der Waals surface area contributed by atoms with Crippen LogP contribution in [0.1, 0.15) is 28.8 Å². The zero-order valence-corrected chi connectivity index (χ0v) is 22.1. The summed E-state index contributed by atoms with van der Waals surface area (Å²) in [6.45, 7) is 1.29. The van der Waals surface area contributed by atoms with Crippen LogP contribution >= 0.6 is 11.3 Å². The van der Waals surface area contributed by atoms with Crippen molar-refractivity contribution in [2.75, 3.05) is 32.2 Å². The topological polar surface area (TPSA) is 102 Å². The van der Waals surface area contributed by atoms with Gasteiger partial charge < -0.3 is 9.47 Å². The molecule has 1 saturated heterocycles. The third-order valence-corrected chi connectivity index (χ3v) is 9.18. The van der Waals surface area contributed by atoms with E-state index in [9.17, 15) is 13.2 Å². The summed E-state index contributed by atoms with van der Waals surface area (Å²) in [6.07, 6.45) is 5.09. The first-order chi connectivity index (χ1) is 17.9. The molecule has 0 unspecified atom stereocenters. The first-order valence-corrected chi connectivity index (χ1v) is 14.0. The monoisotopic (exact) mass is 538 g/mol. The van der Waals surface area contributed by atoms with Gasteiger partial charge in [-0.15, -0.1) is 0 Å². The van der Waals surface area contributed by atoms with E-state index in [1.54, 1.807) is 49.7 Å². The van der Waals surface area contributed by atoms with E-state index < -0.39 is 10.0 Å². The summed E-state index contributed by atoms with van der Waals surface area (Å²) < 4.78 is 39.0. The number of thiazole rings is 1. The molecule has 192 valence electrons. The number of aromatic nitrogens is 2. The number of amides is 1. The van der Waals surface area contributed by atoms with Crippen molar-refractivity contribution >= 4 is 42.6 Å². The van der Waals surface area contributed by atoms with E-state index in [0.717, 1.165) is 23.1 Å². The second-order valence-corrected chi connectivity index (χ2v) is 11.5. The Morgan fingerprint density at radius 1 is 1.05 bits per heavy atom. The van der Waals surface area contributed by atoms with Crippen molar-refractivity contribution < 1.29 is 22.7 Å². The predicted octanol–water partition coefficient (Wildman–Crippen LogP) is 4.34. The van der Waals surface area contributed by atoms with Crippen LogP contribution in [0.4, 0.5) is 5.13 Å². The molecule has 0 saturated carbocycles. The van der Waals surface area contributed by atoms with Gasteiger partial charge in [-0.1, -0.05) is 17.4 Å². The van der Waals surface area contributed by atoms with Crippen LogP contribution in [0.15, 0.2) is 65.8 Å². The van der Waals surface area contributed by atoms with E-state index in [-0.39, 0.29) is 17.3 Å². The largest absolute Gasteiger partial charge is 0.493 e. The van der Waals surface area contributed by atoms with Crippen molar-refractivity contribution in [3.63, 3.8) is 0 Å². The molecule has 0 radical (unpaired) electrons. The number of anilines is 1. The van der Waals surface area contributed by atoms with E-state index >= 15 is 0 Å². The molecule has 1 amide bonds. The quantitative estimate of drug-likeness (QED) is 0.329. The number of hydrogen-bond acceptors (Lipinski definition) is 8. The molecule has 11 heteroatoms. The standard InChI is InChI=1S/C26H26N4O5S2/c1-34-22-14-21-24(15-23(22)35-2)36-26(28-21)30(17-18-6-5-11-27-16-18)25(31)19-7-9-20(10-8-19)37(32,33)29-12-3-4-13-29/h5-11,14-16H,3-4,12-13,17H2,1-2H3. The second kappa shape index (κ2) is 10.4. The molecule has 1 aliphatic heterocycles. The Bertz CT molecular complexity index is 1480. The summed E-state index contributed by atoms with van der Waals surface area (Å²) in [6, 6.07) is 13.4. The molecule has 9 nitrogen and oxygen atoms in total. The van der Waals surface area contributed by atoms with Gasteiger partial charge >= 0.3 is 0 Å². The van der Waals surface area contributed by atoms with Crippen LogP contribution in [0, 0.1) is 0 Å². The SMILES string of the molecule is COc1cc2nc(N(Cc3cccnc3)C(=O)c3ccc(S(=O)(=O)N4CCCC4)cc3)sc2cc1OC. The number of methoxy groups -OCH3 is 2. The number of benzene rings is 2. The molecule has 0 bridgehead atoms. The smallest absolute Gasteiger partial charge is 0.260 e. The lowest BCUT2D eigenvalue weighted by Crippen LogP contribution is -2.30.